The van der Waals surface area contributed by atoms with E-state index < -0.39 is 29.3 Å². The minimum atomic E-state index is -0.840. The molecule has 0 aromatic heterocycles. The summed E-state index contributed by atoms with van der Waals surface area (Å²) in [4.78, 5) is 25.2. The average molecular weight is 312 g/mol. The molecule has 0 unspecified atom stereocenters. The fourth-order valence-corrected chi connectivity index (χ4v) is 2.42. The Morgan fingerprint density at radius 1 is 1.36 bits per heavy atom. The van der Waals surface area contributed by atoms with E-state index in [1.54, 1.807) is 6.92 Å². The summed E-state index contributed by atoms with van der Waals surface area (Å²) < 4.78 is 32.0. The molecule has 1 saturated heterocycles. The van der Waals surface area contributed by atoms with Crippen molar-refractivity contribution in [1.82, 2.24) is 4.90 Å². The monoisotopic (exact) mass is 312 g/mol. The van der Waals surface area contributed by atoms with Crippen molar-refractivity contribution in [1.29, 1.82) is 0 Å². The van der Waals surface area contributed by atoms with Crippen LogP contribution in [0.4, 0.5) is 19.3 Å². The summed E-state index contributed by atoms with van der Waals surface area (Å²) in [6, 6.07) is 2.72. The standard InChI is InChI=1S/C15H18F2N2O3/c1-2-22-14(20)10-5-4-8-19(9-10)15(21)18-13-11(16)6-3-7-12(13)17/h3,6-7,10H,2,4-5,8-9H2,1H3,(H,18,21)/t10-/m0/s1. The maximum Gasteiger partial charge on any atom is 0.322 e. The second kappa shape index (κ2) is 7.20. The van der Waals surface area contributed by atoms with Crippen molar-refractivity contribution >= 4 is 17.7 Å². The number of para-hydroxylation sites is 1. The Morgan fingerprint density at radius 3 is 2.68 bits per heavy atom. The fraction of sp³-hybridized carbons (Fsp3) is 0.467. The second-order valence-electron chi connectivity index (χ2n) is 5.06. The number of anilines is 1. The van der Waals surface area contributed by atoms with E-state index in [1.165, 1.54) is 11.0 Å². The molecule has 5 nitrogen and oxygen atoms in total. The predicted octanol–water partition coefficient (Wildman–Crippen LogP) is 2.77. The lowest BCUT2D eigenvalue weighted by Gasteiger charge is -2.31. The van der Waals surface area contributed by atoms with E-state index in [2.05, 4.69) is 5.32 Å². The molecule has 1 atom stereocenters. The van der Waals surface area contributed by atoms with Crippen LogP contribution in [0.3, 0.4) is 0 Å². The molecule has 7 heteroatoms. The zero-order chi connectivity index (χ0) is 16.1. The smallest absolute Gasteiger partial charge is 0.322 e. The van der Waals surface area contributed by atoms with Gasteiger partial charge in [-0.2, -0.15) is 0 Å². The Hall–Kier alpha value is -2.18. The third kappa shape index (κ3) is 3.72. The molecule has 0 spiro atoms. The minimum absolute atomic E-state index is 0.181. The number of esters is 1. The lowest BCUT2D eigenvalue weighted by molar-refractivity contribution is -0.149. The highest BCUT2D eigenvalue weighted by molar-refractivity contribution is 5.90. The molecule has 0 aliphatic carbocycles. The van der Waals surface area contributed by atoms with E-state index >= 15 is 0 Å². The first kappa shape index (κ1) is 16.2. The van der Waals surface area contributed by atoms with E-state index in [-0.39, 0.29) is 19.1 Å². The molecule has 0 radical (unpaired) electrons. The summed E-state index contributed by atoms with van der Waals surface area (Å²) in [5.74, 6) is -2.43. The Balaban J connectivity index is 2.02. The zero-order valence-electron chi connectivity index (χ0n) is 12.3. The van der Waals surface area contributed by atoms with Gasteiger partial charge in [0.15, 0.2) is 0 Å². The number of hydrogen-bond donors (Lipinski definition) is 1. The number of piperidine rings is 1. The van der Waals surface area contributed by atoms with Crippen molar-refractivity contribution in [2.45, 2.75) is 19.8 Å². The molecule has 0 bridgehead atoms. The molecule has 1 fully saturated rings. The Kier molecular flexibility index (Phi) is 5.30. The highest BCUT2D eigenvalue weighted by Crippen LogP contribution is 2.21. The van der Waals surface area contributed by atoms with E-state index in [4.69, 9.17) is 4.74 Å². The van der Waals surface area contributed by atoms with Gasteiger partial charge in [-0.25, -0.2) is 13.6 Å². The van der Waals surface area contributed by atoms with Gasteiger partial charge in [0.2, 0.25) is 0 Å². The van der Waals surface area contributed by atoms with Gasteiger partial charge in [0.25, 0.3) is 0 Å². The number of hydrogen-bond acceptors (Lipinski definition) is 3. The van der Waals surface area contributed by atoms with Gasteiger partial charge >= 0.3 is 12.0 Å². The van der Waals surface area contributed by atoms with Gasteiger partial charge in [-0.1, -0.05) is 6.07 Å². The molecule has 0 saturated carbocycles. The molecule has 1 aromatic carbocycles. The normalized spacial score (nSPS) is 18.0. The van der Waals surface area contributed by atoms with Crippen LogP contribution in [0.25, 0.3) is 0 Å². The lowest BCUT2D eigenvalue weighted by Crippen LogP contribution is -2.44. The van der Waals surface area contributed by atoms with Crippen LogP contribution in [0.15, 0.2) is 18.2 Å². The molecule has 1 aliphatic heterocycles. The largest absolute Gasteiger partial charge is 0.466 e. The van der Waals surface area contributed by atoms with Crippen molar-refractivity contribution in [3.05, 3.63) is 29.8 Å². The summed E-state index contributed by atoms with van der Waals surface area (Å²) in [5, 5.41) is 2.22. The van der Waals surface area contributed by atoms with Crippen LogP contribution >= 0.6 is 0 Å². The summed E-state index contributed by atoms with van der Waals surface area (Å²) >= 11 is 0. The number of ether oxygens (including phenoxy) is 1. The van der Waals surface area contributed by atoms with Gasteiger partial charge in [0, 0.05) is 13.1 Å². The Morgan fingerprint density at radius 2 is 2.05 bits per heavy atom. The molecular formula is C15H18F2N2O3. The van der Waals surface area contributed by atoms with E-state index in [1.807, 2.05) is 0 Å². The third-order valence-corrected chi connectivity index (χ3v) is 3.52. The lowest BCUT2D eigenvalue weighted by atomic mass is 9.98. The number of amides is 2. The molecule has 1 aliphatic rings. The van der Waals surface area contributed by atoms with E-state index in [9.17, 15) is 18.4 Å². The summed E-state index contributed by atoms with van der Waals surface area (Å²) in [7, 11) is 0. The van der Waals surface area contributed by atoms with E-state index in [0.29, 0.717) is 19.4 Å². The molecule has 1 heterocycles. The fourth-order valence-electron chi connectivity index (χ4n) is 2.42. The highest BCUT2D eigenvalue weighted by atomic mass is 19.1. The topological polar surface area (TPSA) is 58.6 Å². The summed E-state index contributed by atoms with van der Waals surface area (Å²) in [6.07, 6.45) is 1.27. The number of carbonyl (C=O) groups excluding carboxylic acids is 2. The number of benzene rings is 1. The van der Waals surface area contributed by atoms with Gasteiger partial charge in [-0.15, -0.1) is 0 Å². The summed E-state index contributed by atoms with van der Waals surface area (Å²) in [5.41, 5.74) is -0.481. The van der Waals surface area contributed by atoms with Gasteiger partial charge in [0.05, 0.1) is 12.5 Å². The second-order valence-corrected chi connectivity index (χ2v) is 5.06. The van der Waals surface area contributed by atoms with Crippen molar-refractivity contribution < 1.29 is 23.1 Å². The number of halogens is 2. The first-order chi connectivity index (χ1) is 10.5. The molecule has 2 amide bonds. The molecular weight excluding hydrogens is 294 g/mol. The first-order valence-corrected chi connectivity index (χ1v) is 7.19. The Labute approximate surface area is 127 Å². The maximum atomic E-state index is 13.5. The van der Waals surface area contributed by atoms with Gasteiger partial charge in [-0.05, 0) is 31.9 Å². The van der Waals surface area contributed by atoms with Crippen LogP contribution in [0.2, 0.25) is 0 Å². The quantitative estimate of drug-likeness (QED) is 0.873. The van der Waals surface area contributed by atoms with Crippen molar-refractivity contribution in [2.24, 2.45) is 5.92 Å². The molecule has 1 N–H and O–H groups in total. The van der Waals surface area contributed by atoms with Gasteiger partial charge in [0.1, 0.15) is 17.3 Å². The van der Waals surface area contributed by atoms with Crippen LogP contribution in [0.1, 0.15) is 19.8 Å². The number of nitrogens with zero attached hydrogens (tertiary/aromatic N) is 1. The number of rotatable bonds is 3. The Bertz CT molecular complexity index is 545. The minimum Gasteiger partial charge on any atom is -0.466 e. The maximum absolute atomic E-state index is 13.5. The number of carbonyl (C=O) groups is 2. The molecule has 1 aromatic rings. The molecule has 120 valence electrons. The van der Waals surface area contributed by atoms with Crippen LogP contribution in [-0.2, 0) is 9.53 Å². The van der Waals surface area contributed by atoms with E-state index in [0.717, 1.165) is 12.1 Å². The zero-order valence-corrected chi connectivity index (χ0v) is 12.3. The summed E-state index contributed by atoms with van der Waals surface area (Å²) in [6.45, 7) is 2.60. The van der Waals surface area contributed by atoms with Crippen LogP contribution < -0.4 is 5.32 Å². The number of likely N-dealkylation sites (tertiary alicyclic amines) is 1. The van der Waals surface area contributed by atoms with Gasteiger partial charge < -0.3 is 15.0 Å². The SMILES string of the molecule is CCOC(=O)[C@H]1CCCN(C(=O)Nc2c(F)cccc2F)C1. The predicted molar refractivity (Wildman–Crippen MR) is 76.3 cm³/mol. The first-order valence-electron chi connectivity index (χ1n) is 7.19. The third-order valence-electron chi connectivity index (χ3n) is 3.52. The van der Waals surface area contributed by atoms with Crippen LogP contribution in [0.5, 0.6) is 0 Å². The highest BCUT2D eigenvalue weighted by Gasteiger charge is 2.29. The molecule has 2 rings (SSSR count). The number of nitrogens with one attached hydrogen (secondary N) is 1. The number of urea groups is 1. The average Bonchev–Trinajstić information content (AvgIpc) is 2.51. The van der Waals surface area contributed by atoms with Crippen molar-refractivity contribution in [3.8, 4) is 0 Å². The van der Waals surface area contributed by atoms with Crippen LogP contribution in [0, 0.1) is 17.6 Å². The van der Waals surface area contributed by atoms with Crippen molar-refractivity contribution in [3.63, 3.8) is 0 Å². The molecule has 22 heavy (non-hydrogen) atoms. The van der Waals surface area contributed by atoms with Crippen molar-refractivity contribution in [2.75, 3.05) is 25.0 Å². The van der Waals surface area contributed by atoms with Gasteiger partial charge in [-0.3, -0.25) is 4.79 Å². The van der Waals surface area contributed by atoms with Crippen LogP contribution in [-0.4, -0.2) is 36.6 Å².